The molecular formula is C8H3BrCl2N2O. The van der Waals surface area contributed by atoms with E-state index in [9.17, 15) is 4.79 Å². The van der Waals surface area contributed by atoms with Crippen LogP contribution in [-0.4, -0.2) is 9.97 Å². The summed E-state index contributed by atoms with van der Waals surface area (Å²) >= 11 is 14.7. The van der Waals surface area contributed by atoms with Gasteiger partial charge in [-0.3, -0.25) is 9.78 Å². The van der Waals surface area contributed by atoms with Crippen LogP contribution in [0.25, 0.3) is 10.9 Å². The number of aromatic nitrogens is 2. The summed E-state index contributed by atoms with van der Waals surface area (Å²) in [6, 6.07) is 3.20. The van der Waals surface area contributed by atoms with Gasteiger partial charge in [0.15, 0.2) is 0 Å². The molecule has 0 aliphatic rings. The first-order chi connectivity index (χ1) is 6.58. The minimum atomic E-state index is -0.297. The molecule has 0 saturated heterocycles. The Balaban J connectivity index is 2.96. The molecule has 1 heterocycles. The molecule has 0 radical (unpaired) electrons. The van der Waals surface area contributed by atoms with Gasteiger partial charge in [0.05, 0.1) is 15.9 Å². The molecule has 0 atom stereocenters. The van der Waals surface area contributed by atoms with E-state index in [1.165, 1.54) is 0 Å². The summed E-state index contributed by atoms with van der Waals surface area (Å²) in [5, 5.41) is 0.950. The van der Waals surface area contributed by atoms with Crippen LogP contribution in [0.3, 0.4) is 0 Å². The highest BCUT2D eigenvalue weighted by Gasteiger charge is 2.05. The maximum atomic E-state index is 11.4. The van der Waals surface area contributed by atoms with Gasteiger partial charge in [0, 0.05) is 4.47 Å². The first kappa shape index (κ1) is 9.96. The fraction of sp³-hybridized carbons (Fsp3) is 0. The second kappa shape index (κ2) is 3.53. The van der Waals surface area contributed by atoms with Crippen molar-refractivity contribution >= 4 is 50.0 Å². The monoisotopic (exact) mass is 292 g/mol. The Kier molecular flexibility index (Phi) is 2.51. The zero-order valence-electron chi connectivity index (χ0n) is 6.64. The van der Waals surface area contributed by atoms with Crippen molar-refractivity contribution in [2.24, 2.45) is 0 Å². The lowest BCUT2D eigenvalue weighted by Gasteiger charge is -1.99. The van der Waals surface area contributed by atoms with Crippen LogP contribution in [0.5, 0.6) is 0 Å². The fourth-order valence-electron chi connectivity index (χ4n) is 1.11. The largest absolute Gasteiger partial charge is 0.297 e. The van der Waals surface area contributed by atoms with Crippen LogP contribution in [0, 0.1) is 0 Å². The average molecular weight is 294 g/mol. The second-order valence-electron chi connectivity index (χ2n) is 2.64. The Bertz CT molecular complexity index is 567. The molecule has 0 spiro atoms. The molecule has 0 fully saturated rings. The number of fused-ring (bicyclic) bond motifs is 1. The van der Waals surface area contributed by atoms with E-state index in [4.69, 9.17) is 23.2 Å². The zero-order chi connectivity index (χ0) is 10.3. The number of halogens is 3. The summed E-state index contributed by atoms with van der Waals surface area (Å²) in [4.78, 5) is 17.8. The van der Waals surface area contributed by atoms with Gasteiger partial charge in [-0.05, 0) is 39.7 Å². The quantitative estimate of drug-likeness (QED) is 0.759. The van der Waals surface area contributed by atoms with Crippen molar-refractivity contribution in [1.82, 2.24) is 9.97 Å². The summed E-state index contributed by atoms with van der Waals surface area (Å²) in [6.07, 6.45) is 0. The van der Waals surface area contributed by atoms with Crippen LogP contribution in [0.4, 0.5) is 0 Å². The first-order valence-corrected chi connectivity index (χ1v) is 5.17. The van der Waals surface area contributed by atoms with E-state index in [1.54, 1.807) is 12.1 Å². The van der Waals surface area contributed by atoms with Crippen LogP contribution in [0.1, 0.15) is 0 Å². The molecule has 14 heavy (non-hydrogen) atoms. The Labute approximate surface area is 97.2 Å². The summed E-state index contributed by atoms with van der Waals surface area (Å²) < 4.78 is 0.681. The van der Waals surface area contributed by atoms with Gasteiger partial charge < -0.3 is 0 Å². The van der Waals surface area contributed by atoms with E-state index in [1.807, 2.05) is 0 Å². The second-order valence-corrected chi connectivity index (χ2v) is 4.26. The van der Waals surface area contributed by atoms with Crippen molar-refractivity contribution in [1.29, 1.82) is 0 Å². The molecule has 2 rings (SSSR count). The Morgan fingerprint density at radius 3 is 2.79 bits per heavy atom. The van der Waals surface area contributed by atoms with Crippen LogP contribution < -0.4 is 5.56 Å². The zero-order valence-corrected chi connectivity index (χ0v) is 9.74. The first-order valence-electron chi connectivity index (χ1n) is 3.62. The highest BCUT2D eigenvalue weighted by molar-refractivity contribution is 9.10. The highest BCUT2D eigenvalue weighted by Crippen LogP contribution is 2.25. The van der Waals surface area contributed by atoms with Gasteiger partial charge in [-0.25, -0.2) is 4.98 Å². The molecule has 0 bridgehead atoms. The van der Waals surface area contributed by atoms with Crippen molar-refractivity contribution in [3.05, 3.63) is 37.3 Å². The third-order valence-electron chi connectivity index (χ3n) is 1.72. The molecule has 0 saturated carbocycles. The maximum absolute atomic E-state index is 11.4. The minimum Gasteiger partial charge on any atom is -0.297 e. The molecule has 6 heteroatoms. The molecule has 1 aromatic heterocycles. The third kappa shape index (κ3) is 1.65. The lowest BCUT2D eigenvalue weighted by molar-refractivity contribution is 1.17. The molecule has 2 aromatic rings. The van der Waals surface area contributed by atoms with Crippen molar-refractivity contribution in [2.75, 3.05) is 0 Å². The molecule has 1 aromatic carbocycles. The Morgan fingerprint density at radius 2 is 2.07 bits per heavy atom. The predicted octanol–water partition coefficient (Wildman–Crippen LogP) is 2.99. The summed E-state index contributed by atoms with van der Waals surface area (Å²) in [5.41, 5.74) is 0.212. The average Bonchev–Trinajstić information content (AvgIpc) is 2.08. The SMILES string of the molecule is O=c1[nH]c(Cl)nc2cc(Br)c(Cl)cc12. The summed E-state index contributed by atoms with van der Waals surface area (Å²) in [7, 11) is 0. The van der Waals surface area contributed by atoms with Gasteiger partial charge in [-0.15, -0.1) is 0 Å². The summed E-state index contributed by atoms with van der Waals surface area (Å²) in [5.74, 6) is 0. The maximum Gasteiger partial charge on any atom is 0.259 e. The molecule has 0 unspecified atom stereocenters. The van der Waals surface area contributed by atoms with Gasteiger partial charge in [-0.2, -0.15) is 0 Å². The van der Waals surface area contributed by atoms with E-state index in [0.29, 0.717) is 20.4 Å². The van der Waals surface area contributed by atoms with Crippen molar-refractivity contribution in [2.45, 2.75) is 0 Å². The van der Waals surface area contributed by atoms with Crippen molar-refractivity contribution in [3.63, 3.8) is 0 Å². The lowest BCUT2D eigenvalue weighted by Crippen LogP contribution is -2.07. The number of H-pyrrole nitrogens is 1. The molecular weight excluding hydrogens is 291 g/mol. The lowest BCUT2D eigenvalue weighted by atomic mass is 10.2. The third-order valence-corrected chi connectivity index (χ3v) is 3.09. The standard InChI is InChI=1S/C8H3BrCl2N2O/c9-4-2-6-3(1-5(4)10)7(14)13-8(11)12-6/h1-2H,(H,12,13,14). The van der Waals surface area contributed by atoms with Crippen LogP contribution in [0.2, 0.25) is 10.3 Å². The molecule has 3 nitrogen and oxygen atoms in total. The fourth-order valence-corrected chi connectivity index (χ4v) is 1.78. The topological polar surface area (TPSA) is 45.8 Å². The number of rotatable bonds is 0. The Hall–Kier alpha value is -0.580. The van der Waals surface area contributed by atoms with Crippen molar-refractivity contribution in [3.8, 4) is 0 Å². The number of nitrogens with zero attached hydrogens (tertiary/aromatic N) is 1. The number of hydrogen-bond donors (Lipinski definition) is 1. The van der Waals surface area contributed by atoms with Crippen LogP contribution >= 0.6 is 39.1 Å². The van der Waals surface area contributed by atoms with E-state index in [0.717, 1.165) is 0 Å². The molecule has 0 amide bonds. The number of aromatic amines is 1. The highest BCUT2D eigenvalue weighted by atomic mass is 79.9. The van der Waals surface area contributed by atoms with Gasteiger partial charge in [-0.1, -0.05) is 11.6 Å². The van der Waals surface area contributed by atoms with Gasteiger partial charge in [0.25, 0.3) is 5.56 Å². The Morgan fingerprint density at radius 1 is 1.36 bits per heavy atom. The smallest absolute Gasteiger partial charge is 0.259 e. The summed E-state index contributed by atoms with van der Waals surface area (Å²) in [6.45, 7) is 0. The van der Waals surface area contributed by atoms with E-state index >= 15 is 0 Å². The van der Waals surface area contributed by atoms with Gasteiger partial charge in [0.1, 0.15) is 0 Å². The predicted molar refractivity (Wildman–Crippen MR) is 60.1 cm³/mol. The van der Waals surface area contributed by atoms with Gasteiger partial charge >= 0.3 is 0 Å². The number of nitrogens with one attached hydrogen (secondary N) is 1. The van der Waals surface area contributed by atoms with E-state index in [2.05, 4.69) is 25.9 Å². The number of hydrogen-bond acceptors (Lipinski definition) is 2. The molecule has 0 aliphatic heterocycles. The molecule has 72 valence electrons. The van der Waals surface area contributed by atoms with Crippen LogP contribution in [0.15, 0.2) is 21.4 Å². The molecule has 1 N–H and O–H groups in total. The van der Waals surface area contributed by atoms with Gasteiger partial charge in [0.2, 0.25) is 5.28 Å². The van der Waals surface area contributed by atoms with Crippen LogP contribution in [-0.2, 0) is 0 Å². The van der Waals surface area contributed by atoms with E-state index in [-0.39, 0.29) is 10.8 Å². The molecule has 0 aliphatic carbocycles. The minimum absolute atomic E-state index is 0.0664. The number of benzene rings is 1. The van der Waals surface area contributed by atoms with E-state index < -0.39 is 0 Å². The van der Waals surface area contributed by atoms with Crippen molar-refractivity contribution < 1.29 is 0 Å². The normalized spacial score (nSPS) is 10.8.